The van der Waals surface area contributed by atoms with Gasteiger partial charge in [0.05, 0.1) is 33.3 Å². The number of amides is 2. The normalized spacial score (nSPS) is 13.8. The van der Waals surface area contributed by atoms with Crippen LogP contribution in [-0.2, 0) is 16.1 Å². The number of hydrogen-bond donors (Lipinski definition) is 0. The number of carbonyl (C=O) groups excluding carboxylic acids is 3. The molecule has 1 aliphatic rings. The molecule has 0 aliphatic carbocycles. The molecule has 0 spiro atoms. The second-order valence-corrected chi connectivity index (χ2v) is 7.83. The Morgan fingerprint density at radius 1 is 1.09 bits per heavy atom. The van der Waals surface area contributed by atoms with Crippen LogP contribution in [0.5, 0.6) is 5.75 Å². The molecule has 11 heteroatoms. The first-order valence-electron chi connectivity index (χ1n) is 9.90. The van der Waals surface area contributed by atoms with E-state index < -0.39 is 23.8 Å². The second-order valence-electron chi connectivity index (χ2n) is 7.02. The van der Waals surface area contributed by atoms with E-state index in [-0.39, 0.29) is 39.5 Å². The van der Waals surface area contributed by atoms with Crippen LogP contribution in [-0.4, -0.2) is 45.5 Å². The topological polar surface area (TPSA) is 112 Å². The van der Waals surface area contributed by atoms with Crippen molar-refractivity contribution in [3.8, 4) is 17.1 Å². The third-order valence-corrected chi connectivity index (χ3v) is 5.64. The van der Waals surface area contributed by atoms with E-state index in [1.54, 1.807) is 18.2 Å². The Balaban J connectivity index is 1.44. The first kappa shape index (κ1) is 22.8. The van der Waals surface area contributed by atoms with Gasteiger partial charge < -0.3 is 14.0 Å². The molecule has 0 fully saturated rings. The average Bonchev–Trinajstić information content (AvgIpc) is 3.36. The second kappa shape index (κ2) is 9.21. The number of halogens is 2. The molecule has 4 rings (SSSR count). The predicted octanol–water partition coefficient (Wildman–Crippen LogP) is 4.17. The van der Waals surface area contributed by atoms with Gasteiger partial charge >= 0.3 is 5.97 Å². The Bertz CT molecular complexity index is 1220. The van der Waals surface area contributed by atoms with Gasteiger partial charge in [0.1, 0.15) is 11.8 Å². The molecule has 2 heterocycles. The fourth-order valence-corrected chi connectivity index (χ4v) is 3.65. The van der Waals surface area contributed by atoms with E-state index in [2.05, 4.69) is 10.1 Å². The van der Waals surface area contributed by atoms with Gasteiger partial charge in [0.25, 0.3) is 17.7 Å². The molecule has 9 nitrogen and oxygen atoms in total. The number of nitrogens with zero attached hydrogens (tertiary/aromatic N) is 3. The van der Waals surface area contributed by atoms with Gasteiger partial charge in [-0.3, -0.25) is 14.5 Å². The smallest absolute Gasteiger partial charge is 0.329 e. The molecule has 170 valence electrons. The largest absolute Gasteiger partial charge is 0.493 e. The number of benzene rings is 2. The van der Waals surface area contributed by atoms with Crippen LogP contribution in [0.25, 0.3) is 11.4 Å². The molecule has 33 heavy (non-hydrogen) atoms. The van der Waals surface area contributed by atoms with Crippen molar-refractivity contribution in [1.82, 2.24) is 15.0 Å². The summed E-state index contributed by atoms with van der Waals surface area (Å²) in [6.07, 6.45) is 0. The minimum atomic E-state index is -1.20. The third-order valence-electron chi connectivity index (χ3n) is 4.92. The van der Waals surface area contributed by atoms with E-state index in [4.69, 9.17) is 37.2 Å². The monoisotopic (exact) mass is 489 g/mol. The Labute approximate surface area is 198 Å². The minimum Gasteiger partial charge on any atom is -0.493 e. The number of hydrogen-bond acceptors (Lipinski definition) is 8. The summed E-state index contributed by atoms with van der Waals surface area (Å²) in [6, 6.07) is 8.58. The summed E-state index contributed by atoms with van der Waals surface area (Å²) in [5.41, 5.74) is 0.768. The standard InChI is InChI=1S/C22H17Cl2N3O6/c1-3-31-17-7-5-4-6-12(17)19-25-18(33-26-19)10-32-22(30)11(2)27-20(28)13-8-15(23)16(24)9-14(13)21(27)29/h4-9,11H,3,10H2,1-2H3/t11-/m0/s1. The first-order chi connectivity index (χ1) is 15.8. The summed E-state index contributed by atoms with van der Waals surface area (Å²) in [7, 11) is 0. The summed E-state index contributed by atoms with van der Waals surface area (Å²) in [6.45, 7) is 3.36. The molecule has 0 radical (unpaired) electrons. The van der Waals surface area contributed by atoms with Crippen molar-refractivity contribution in [2.75, 3.05) is 6.61 Å². The summed E-state index contributed by atoms with van der Waals surface area (Å²) >= 11 is 11.9. The molecule has 3 aromatic rings. The van der Waals surface area contributed by atoms with Gasteiger partial charge in [0.2, 0.25) is 5.82 Å². The van der Waals surface area contributed by atoms with Crippen molar-refractivity contribution in [3.05, 3.63) is 63.5 Å². The molecule has 2 amide bonds. The van der Waals surface area contributed by atoms with Crippen molar-refractivity contribution < 1.29 is 28.4 Å². The molecule has 0 bridgehead atoms. The highest BCUT2D eigenvalue weighted by molar-refractivity contribution is 6.43. The number of rotatable bonds is 7. The van der Waals surface area contributed by atoms with Gasteiger partial charge in [-0.25, -0.2) is 4.79 Å². The van der Waals surface area contributed by atoms with Gasteiger partial charge in [0, 0.05) is 0 Å². The predicted molar refractivity (Wildman–Crippen MR) is 117 cm³/mol. The Hall–Kier alpha value is -3.43. The maximum absolute atomic E-state index is 12.7. The lowest BCUT2D eigenvalue weighted by molar-refractivity contribution is -0.149. The van der Waals surface area contributed by atoms with Crippen LogP contribution < -0.4 is 4.74 Å². The average molecular weight is 490 g/mol. The van der Waals surface area contributed by atoms with Crippen molar-refractivity contribution in [2.45, 2.75) is 26.5 Å². The van der Waals surface area contributed by atoms with Crippen LogP contribution in [0.1, 0.15) is 40.5 Å². The molecule has 1 aliphatic heterocycles. The molecule has 0 N–H and O–H groups in total. The van der Waals surface area contributed by atoms with Gasteiger partial charge in [0.15, 0.2) is 6.61 Å². The molecule has 1 atom stereocenters. The molecule has 0 unspecified atom stereocenters. The van der Waals surface area contributed by atoms with Crippen LogP contribution >= 0.6 is 23.2 Å². The fraction of sp³-hybridized carbons (Fsp3) is 0.227. The third kappa shape index (κ3) is 4.29. The zero-order valence-corrected chi connectivity index (χ0v) is 19.0. The Kier molecular flexibility index (Phi) is 6.35. The molecule has 2 aromatic carbocycles. The van der Waals surface area contributed by atoms with Crippen molar-refractivity contribution in [3.63, 3.8) is 0 Å². The number of esters is 1. The van der Waals surface area contributed by atoms with E-state index in [1.807, 2.05) is 13.0 Å². The van der Waals surface area contributed by atoms with Crippen molar-refractivity contribution >= 4 is 41.0 Å². The minimum absolute atomic E-state index is 0.0396. The lowest BCUT2D eigenvalue weighted by Gasteiger charge is -2.20. The molecular formula is C22H17Cl2N3O6. The lowest BCUT2D eigenvalue weighted by atomic mass is 10.1. The fourth-order valence-electron chi connectivity index (χ4n) is 3.32. The number of para-hydroxylation sites is 1. The van der Waals surface area contributed by atoms with E-state index in [0.29, 0.717) is 17.9 Å². The summed E-state index contributed by atoms with van der Waals surface area (Å²) in [5.74, 6) is -1.25. The maximum atomic E-state index is 12.7. The summed E-state index contributed by atoms with van der Waals surface area (Å²) in [4.78, 5) is 42.9. The van der Waals surface area contributed by atoms with Crippen LogP contribution in [0.15, 0.2) is 40.9 Å². The lowest BCUT2D eigenvalue weighted by Crippen LogP contribution is -2.43. The van der Waals surface area contributed by atoms with Crippen LogP contribution in [0.3, 0.4) is 0 Å². The maximum Gasteiger partial charge on any atom is 0.329 e. The van der Waals surface area contributed by atoms with Crippen LogP contribution in [0.4, 0.5) is 0 Å². The van der Waals surface area contributed by atoms with Gasteiger partial charge in [-0.2, -0.15) is 4.98 Å². The van der Waals surface area contributed by atoms with Gasteiger partial charge in [-0.05, 0) is 38.1 Å². The number of fused-ring (bicyclic) bond motifs is 1. The quantitative estimate of drug-likeness (QED) is 0.359. The van der Waals surface area contributed by atoms with Crippen LogP contribution in [0.2, 0.25) is 10.0 Å². The number of ether oxygens (including phenoxy) is 2. The van der Waals surface area contributed by atoms with Crippen LogP contribution in [0, 0.1) is 0 Å². The SMILES string of the molecule is CCOc1ccccc1-c1noc(COC(=O)[C@H](C)N2C(=O)c3cc(Cl)c(Cl)cc3C2=O)n1. The Morgan fingerprint density at radius 3 is 2.36 bits per heavy atom. The summed E-state index contributed by atoms with van der Waals surface area (Å²) < 4.78 is 15.9. The highest BCUT2D eigenvalue weighted by atomic mass is 35.5. The molecule has 0 saturated carbocycles. The van der Waals surface area contributed by atoms with Crippen molar-refractivity contribution in [1.29, 1.82) is 0 Å². The highest BCUT2D eigenvalue weighted by Crippen LogP contribution is 2.32. The van der Waals surface area contributed by atoms with Crippen molar-refractivity contribution in [2.24, 2.45) is 0 Å². The van der Waals surface area contributed by atoms with E-state index in [1.165, 1.54) is 19.1 Å². The number of carbonyl (C=O) groups is 3. The first-order valence-corrected chi connectivity index (χ1v) is 10.7. The van der Waals surface area contributed by atoms with Gasteiger partial charge in [-0.15, -0.1) is 0 Å². The zero-order chi connectivity index (χ0) is 23.7. The van der Waals surface area contributed by atoms with Gasteiger partial charge in [-0.1, -0.05) is 40.5 Å². The zero-order valence-electron chi connectivity index (χ0n) is 17.5. The number of aromatic nitrogens is 2. The molecular weight excluding hydrogens is 473 g/mol. The van der Waals surface area contributed by atoms with E-state index in [0.717, 1.165) is 4.90 Å². The highest BCUT2D eigenvalue weighted by Gasteiger charge is 2.42. The Morgan fingerprint density at radius 2 is 1.73 bits per heavy atom. The van der Waals surface area contributed by atoms with E-state index >= 15 is 0 Å². The summed E-state index contributed by atoms with van der Waals surface area (Å²) in [5, 5.41) is 4.16. The number of imide groups is 1. The molecule has 1 aromatic heterocycles. The van der Waals surface area contributed by atoms with E-state index in [9.17, 15) is 14.4 Å². The molecule has 0 saturated heterocycles.